The Balaban J connectivity index is 2.37. The molecule has 0 spiro atoms. The summed E-state index contributed by atoms with van der Waals surface area (Å²) in [7, 11) is 0. The zero-order valence-electron chi connectivity index (χ0n) is 9.87. The van der Waals surface area contributed by atoms with Crippen LogP contribution in [0, 0.1) is 17.5 Å². The molecule has 2 N–H and O–H groups in total. The molecule has 0 aliphatic heterocycles. The van der Waals surface area contributed by atoms with E-state index < -0.39 is 17.5 Å². The van der Waals surface area contributed by atoms with Crippen LogP contribution in [-0.4, -0.2) is 9.55 Å². The molecule has 0 aliphatic carbocycles. The molecule has 7 heteroatoms. The second-order valence-corrected chi connectivity index (χ2v) is 5.07. The number of fused-ring (bicyclic) bond motifs is 1. The number of hydrogen-bond acceptors (Lipinski definition) is 2. The van der Waals surface area contributed by atoms with E-state index in [4.69, 9.17) is 5.73 Å². The number of nitrogens with zero attached hydrogens (tertiary/aromatic N) is 2. The van der Waals surface area contributed by atoms with Crippen molar-refractivity contribution >= 4 is 32.9 Å². The third kappa shape index (κ3) is 1.94. The van der Waals surface area contributed by atoms with Crippen molar-refractivity contribution in [2.45, 2.75) is 0 Å². The molecule has 3 nitrogen and oxygen atoms in total. The first-order valence-electron chi connectivity index (χ1n) is 5.56. The number of nitrogens with two attached hydrogens (primary N) is 1. The number of imidazole rings is 1. The van der Waals surface area contributed by atoms with Crippen LogP contribution in [0.4, 0.5) is 19.1 Å². The van der Waals surface area contributed by atoms with Gasteiger partial charge >= 0.3 is 0 Å². The fraction of sp³-hybridized carbons (Fsp3) is 0. The zero-order valence-corrected chi connectivity index (χ0v) is 11.5. The largest absolute Gasteiger partial charge is 0.369 e. The van der Waals surface area contributed by atoms with Crippen molar-refractivity contribution in [1.82, 2.24) is 9.55 Å². The minimum Gasteiger partial charge on any atom is -0.369 e. The summed E-state index contributed by atoms with van der Waals surface area (Å²) < 4.78 is 42.2. The Hall–Kier alpha value is -2.02. The highest BCUT2D eigenvalue weighted by Gasteiger charge is 2.17. The molecule has 0 unspecified atom stereocenters. The molecule has 20 heavy (non-hydrogen) atoms. The van der Waals surface area contributed by atoms with Gasteiger partial charge in [-0.1, -0.05) is 15.9 Å². The van der Waals surface area contributed by atoms with Gasteiger partial charge in [-0.15, -0.1) is 0 Å². The summed E-state index contributed by atoms with van der Waals surface area (Å²) in [6, 6.07) is 6.33. The lowest BCUT2D eigenvalue weighted by Crippen LogP contribution is -2.04. The summed E-state index contributed by atoms with van der Waals surface area (Å²) in [6.45, 7) is 0. The second kappa shape index (κ2) is 4.52. The summed E-state index contributed by atoms with van der Waals surface area (Å²) in [5.41, 5.74) is 6.56. The number of aromatic nitrogens is 2. The van der Waals surface area contributed by atoms with Crippen molar-refractivity contribution in [3.8, 4) is 5.69 Å². The maximum absolute atomic E-state index is 13.9. The highest BCUT2D eigenvalue weighted by atomic mass is 79.9. The van der Waals surface area contributed by atoms with E-state index in [9.17, 15) is 13.2 Å². The summed E-state index contributed by atoms with van der Waals surface area (Å²) in [5.74, 6) is -3.34. The topological polar surface area (TPSA) is 43.8 Å². The van der Waals surface area contributed by atoms with Crippen molar-refractivity contribution in [1.29, 1.82) is 0 Å². The molecule has 102 valence electrons. The lowest BCUT2D eigenvalue weighted by atomic mass is 10.2. The van der Waals surface area contributed by atoms with E-state index in [1.807, 2.05) is 0 Å². The maximum atomic E-state index is 13.9. The average molecular weight is 342 g/mol. The van der Waals surface area contributed by atoms with Gasteiger partial charge < -0.3 is 5.73 Å². The minimum absolute atomic E-state index is 0.0111. The number of halogens is 4. The van der Waals surface area contributed by atoms with Crippen LogP contribution in [0.15, 0.2) is 34.8 Å². The summed E-state index contributed by atoms with van der Waals surface area (Å²) in [5, 5.41) is 0. The Morgan fingerprint density at radius 2 is 1.70 bits per heavy atom. The van der Waals surface area contributed by atoms with Crippen molar-refractivity contribution < 1.29 is 13.2 Å². The van der Waals surface area contributed by atoms with Crippen LogP contribution in [0.1, 0.15) is 0 Å². The van der Waals surface area contributed by atoms with Crippen LogP contribution < -0.4 is 5.73 Å². The predicted octanol–water partition coefficient (Wildman–Crippen LogP) is 3.79. The fourth-order valence-corrected chi connectivity index (χ4v) is 2.35. The van der Waals surface area contributed by atoms with Crippen LogP contribution in [-0.2, 0) is 0 Å². The van der Waals surface area contributed by atoms with Crippen LogP contribution >= 0.6 is 15.9 Å². The third-order valence-electron chi connectivity index (χ3n) is 2.87. The monoisotopic (exact) mass is 341 g/mol. The van der Waals surface area contributed by atoms with Crippen LogP contribution in [0.2, 0.25) is 0 Å². The molecule has 2 aromatic carbocycles. The second-order valence-electron chi connectivity index (χ2n) is 4.16. The quantitative estimate of drug-likeness (QED) is 0.684. The molecule has 0 radical (unpaired) electrons. The first-order chi connectivity index (χ1) is 9.47. The smallest absolute Gasteiger partial charge is 0.206 e. The molecule has 0 amide bonds. The normalized spacial score (nSPS) is 11.2. The molecule has 0 bridgehead atoms. The van der Waals surface area contributed by atoms with Crippen molar-refractivity contribution in [2.75, 3.05) is 5.73 Å². The predicted molar refractivity (Wildman–Crippen MR) is 73.1 cm³/mol. The fourth-order valence-electron chi connectivity index (χ4n) is 2.00. The zero-order chi connectivity index (χ0) is 14.4. The van der Waals surface area contributed by atoms with Crippen molar-refractivity contribution in [3.63, 3.8) is 0 Å². The van der Waals surface area contributed by atoms with Gasteiger partial charge in [-0.25, -0.2) is 18.2 Å². The van der Waals surface area contributed by atoms with E-state index in [1.54, 1.807) is 18.2 Å². The van der Waals surface area contributed by atoms with Crippen LogP contribution in [0.3, 0.4) is 0 Å². The highest BCUT2D eigenvalue weighted by molar-refractivity contribution is 9.10. The molecular weight excluding hydrogens is 335 g/mol. The molecule has 0 fully saturated rings. The Morgan fingerprint density at radius 1 is 1.00 bits per heavy atom. The molecular formula is C13H7BrF3N3. The molecule has 3 aromatic rings. The van der Waals surface area contributed by atoms with Crippen molar-refractivity contribution in [3.05, 3.63) is 52.3 Å². The van der Waals surface area contributed by atoms with Crippen molar-refractivity contribution in [2.24, 2.45) is 0 Å². The lowest BCUT2D eigenvalue weighted by Gasteiger charge is -2.08. The molecule has 3 rings (SSSR count). The molecule has 0 saturated carbocycles. The molecule has 0 aliphatic rings. The first kappa shape index (κ1) is 13.0. The van der Waals surface area contributed by atoms with E-state index in [2.05, 4.69) is 20.9 Å². The van der Waals surface area contributed by atoms with Crippen LogP contribution in [0.25, 0.3) is 16.7 Å². The Morgan fingerprint density at radius 3 is 2.45 bits per heavy atom. The van der Waals surface area contributed by atoms with Crippen LogP contribution in [0.5, 0.6) is 0 Å². The van der Waals surface area contributed by atoms with E-state index in [-0.39, 0.29) is 11.6 Å². The van der Waals surface area contributed by atoms with Gasteiger partial charge in [-0.3, -0.25) is 4.57 Å². The van der Waals surface area contributed by atoms with E-state index in [0.29, 0.717) is 17.1 Å². The van der Waals surface area contributed by atoms with Gasteiger partial charge in [0.1, 0.15) is 5.82 Å². The SMILES string of the molecule is Nc1nc2ccc(Br)cc2n1-c1cc(F)c(F)cc1F. The van der Waals surface area contributed by atoms with Gasteiger partial charge in [0.15, 0.2) is 11.6 Å². The Bertz CT molecular complexity index is 829. The maximum Gasteiger partial charge on any atom is 0.206 e. The van der Waals surface area contributed by atoms with E-state index in [0.717, 1.165) is 10.5 Å². The lowest BCUT2D eigenvalue weighted by molar-refractivity contribution is 0.493. The number of rotatable bonds is 1. The number of anilines is 1. The Kier molecular flexibility index (Phi) is 2.93. The van der Waals surface area contributed by atoms with Gasteiger partial charge in [-0.05, 0) is 18.2 Å². The summed E-state index contributed by atoms with van der Waals surface area (Å²) >= 11 is 3.28. The molecule has 0 atom stereocenters. The highest BCUT2D eigenvalue weighted by Crippen LogP contribution is 2.28. The van der Waals surface area contributed by atoms with Gasteiger partial charge in [0, 0.05) is 16.6 Å². The molecule has 1 heterocycles. The molecule has 1 aromatic heterocycles. The number of nitrogen functional groups attached to an aromatic ring is 1. The van der Waals surface area contributed by atoms with Gasteiger partial charge in [0.05, 0.1) is 16.7 Å². The van der Waals surface area contributed by atoms with E-state index in [1.165, 1.54) is 4.57 Å². The first-order valence-corrected chi connectivity index (χ1v) is 6.35. The Labute approximate surface area is 120 Å². The number of benzene rings is 2. The third-order valence-corrected chi connectivity index (χ3v) is 3.37. The average Bonchev–Trinajstić information content (AvgIpc) is 2.69. The summed E-state index contributed by atoms with van der Waals surface area (Å²) in [6.07, 6.45) is 0. The minimum atomic E-state index is -1.25. The van der Waals surface area contributed by atoms with E-state index >= 15 is 0 Å². The molecule has 0 saturated heterocycles. The summed E-state index contributed by atoms with van der Waals surface area (Å²) in [4.78, 5) is 4.06. The van der Waals surface area contributed by atoms with Gasteiger partial charge in [0.25, 0.3) is 0 Å². The standard InChI is InChI=1S/C13H7BrF3N3/c14-6-1-2-10-12(3-6)20(13(18)19-10)11-5-8(16)7(15)4-9(11)17/h1-5H,(H2,18,19). The number of hydrogen-bond donors (Lipinski definition) is 1. The van der Waals surface area contributed by atoms with Gasteiger partial charge in [-0.2, -0.15) is 0 Å². The van der Waals surface area contributed by atoms with Gasteiger partial charge in [0.2, 0.25) is 5.95 Å².